The van der Waals surface area contributed by atoms with Crippen molar-refractivity contribution in [3.8, 4) is 0 Å². The first-order valence-electron chi connectivity index (χ1n) is 7.17. The van der Waals surface area contributed by atoms with Gasteiger partial charge in [0.05, 0.1) is 25.4 Å². The van der Waals surface area contributed by atoms with E-state index < -0.39 is 67.1 Å². The van der Waals surface area contributed by atoms with Crippen LogP contribution in [0, 0.1) is 0 Å². The molecule has 0 fully saturated rings. The van der Waals surface area contributed by atoms with E-state index in [9.17, 15) is 29.1 Å². The molecule has 148 valence electrons. The van der Waals surface area contributed by atoms with Crippen molar-refractivity contribution in [3.05, 3.63) is 0 Å². The first-order valence-corrected chi connectivity index (χ1v) is 7.17. The van der Waals surface area contributed by atoms with Crippen molar-refractivity contribution in [3.63, 3.8) is 0 Å². The zero-order valence-electron chi connectivity index (χ0n) is 13.7. The predicted octanol–water partition coefficient (Wildman–Crippen LogP) is -3.29. The Morgan fingerprint density at radius 3 is 2.12 bits per heavy atom. The van der Waals surface area contributed by atoms with Crippen LogP contribution in [0.1, 0.15) is 19.8 Å². The summed E-state index contributed by atoms with van der Waals surface area (Å²) in [6.07, 6.45) is -4.26. The SMILES string of the molecule is CC(NC(O)C(=O)O)C(=O)NCCOC(=O)CC(O)(CC(=O)O)C(=O)O. The molecule has 3 unspecified atom stereocenters. The number of carboxylic acid groups (broad SMARTS) is 3. The third-order valence-electron chi connectivity index (χ3n) is 2.98. The maximum absolute atomic E-state index is 11.6. The number of esters is 1. The van der Waals surface area contributed by atoms with Crippen LogP contribution >= 0.6 is 0 Å². The Morgan fingerprint density at radius 1 is 1.08 bits per heavy atom. The van der Waals surface area contributed by atoms with Gasteiger partial charge < -0.3 is 35.6 Å². The van der Waals surface area contributed by atoms with Crippen LogP contribution in [0.3, 0.4) is 0 Å². The number of aliphatic hydroxyl groups excluding tert-OH is 1. The molecule has 26 heavy (non-hydrogen) atoms. The molecule has 0 radical (unpaired) electrons. The summed E-state index contributed by atoms with van der Waals surface area (Å²) < 4.78 is 4.59. The van der Waals surface area contributed by atoms with E-state index in [0.29, 0.717) is 0 Å². The Morgan fingerprint density at radius 2 is 1.65 bits per heavy atom. The fourth-order valence-corrected chi connectivity index (χ4v) is 1.63. The second kappa shape index (κ2) is 10.3. The number of nitrogens with one attached hydrogen (secondary N) is 2. The number of aliphatic carboxylic acids is 3. The van der Waals surface area contributed by atoms with E-state index in [1.54, 1.807) is 0 Å². The fraction of sp³-hybridized carbons (Fsp3) is 0.615. The quantitative estimate of drug-likeness (QED) is 0.101. The molecule has 0 aromatic heterocycles. The molecule has 0 aliphatic heterocycles. The Labute approximate surface area is 146 Å². The third-order valence-corrected chi connectivity index (χ3v) is 2.98. The summed E-state index contributed by atoms with van der Waals surface area (Å²) in [4.78, 5) is 54.9. The second-order valence-electron chi connectivity index (χ2n) is 5.22. The lowest BCUT2D eigenvalue weighted by Crippen LogP contribution is -2.49. The molecule has 7 N–H and O–H groups in total. The molecule has 13 nitrogen and oxygen atoms in total. The van der Waals surface area contributed by atoms with Gasteiger partial charge >= 0.3 is 23.9 Å². The highest BCUT2D eigenvalue weighted by Crippen LogP contribution is 2.16. The zero-order valence-corrected chi connectivity index (χ0v) is 13.7. The van der Waals surface area contributed by atoms with Crippen molar-refractivity contribution in [2.45, 2.75) is 37.6 Å². The lowest BCUT2D eigenvalue weighted by molar-refractivity contribution is -0.171. The number of ether oxygens (including phenoxy) is 1. The average Bonchev–Trinajstić information content (AvgIpc) is 2.49. The molecule has 0 heterocycles. The van der Waals surface area contributed by atoms with Crippen LogP contribution in [0.4, 0.5) is 0 Å². The summed E-state index contributed by atoms with van der Waals surface area (Å²) >= 11 is 0. The molecular formula is C13H20N2O11. The molecule has 13 heteroatoms. The first kappa shape index (κ1) is 23.2. The van der Waals surface area contributed by atoms with Gasteiger partial charge in [-0.2, -0.15) is 0 Å². The van der Waals surface area contributed by atoms with Gasteiger partial charge in [0.25, 0.3) is 0 Å². The normalized spacial score (nSPS) is 15.2. The third kappa shape index (κ3) is 8.36. The topological polar surface area (TPSA) is 220 Å². The number of hydrogen-bond acceptors (Lipinski definition) is 9. The molecule has 3 atom stereocenters. The van der Waals surface area contributed by atoms with Crippen molar-refractivity contribution >= 4 is 29.8 Å². The highest BCUT2D eigenvalue weighted by atomic mass is 16.5. The maximum atomic E-state index is 11.6. The van der Waals surface area contributed by atoms with Gasteiger partial charge in [-0.3, -0.25) is 19.7 Å². The van der Waals surface area contributed by atoms with E-state index in [4.69, 9.17) is 20.4 Å². The van der Waals surface area contributed by atoms with E-state index in [2.05, 4.69) is 15.4 Å². The summed E-state index contributed by atoms with van der Waals surface area (Å²) in [6, 6.07) is -1.08. The highest BCUT2D eigenvalue weighted by Gasteiger charge is 2.41. The molecule has 0 aromatic carbocycles. The van der Waals surface area contributed by atoms with E-state index in [1.807, 2.05) is 0 Å². The average molecular weight is 380 g/mol. The van der Waals surface area contributed by atoms with Crippen LogP contribution in [-0.2, 0) is 28.7 Å². The molecule has 0 rings (SSSR count). The minimum absolute atomic E-state index is 0.232. The van der Waals surface area contributed by atoms with E-state index in [0.717, 1.165) is 0 Å². The molecule has 0 spiro atoms. The summed E-state index contributed by atoms with van der Waals surface area (Å²) in [5.74, 6) is -7.01. The van der Waals surface area contributed by atoms with Gasteiger partial charge in [0.15, 0.2) is 5.60 Å². The summed E-state index contributed by atoms with van der Waals surface area (Å²) in [5, 5.41) is 48.8. The zero-order chi connectivity index (χ0) is 20.5. The monoisotopic (exact) mass is 380 g/mol. The van der Waals surface area contributed by atoms with Crippen LogP contribution in [0.15, 0.2) is 0 Å². The smallest absolute Gasteiger partial charge is 0.347 e. The van der Waals surface area contributed by atoms with Gasteiger partial charge in [-0.15, -0.1) is 0 Å². The molecule has 0 aliphatic carbocycles. The maximum Gasteiger partial charge on any atom is 0.347 e. The summed E-state index contributed by atoms with van der Waals surface area (Å²) in [6.45, 7) is 0.623. The van der Waals surface area contributed by atoms with Crippen molar-refractivity contribution < 1.29 is 54.2 Å². The lowest BCUT2D eigenvalue weighted by Gasteiger charge is -2.20. The van der Waals surface area contributed by atoms with Gasteiger partial charge in [0, 0.05) is 0 Å². The van der Waals surface area contributed by atoms with Crippen molar-refractivity contribution in [2.75, 3.05) is 13.2 Å². The second-order valence-corrected chi connectivity index (χ2v) is 5.22. The molecule has 0 saturated heterocycles. The Kier molecular flexibility index (Phi) is 9.18. The van der Waals surface area contributed by atoms with E-state index in [1.165, 1.54) is 6.92 Å². The number of aliphatic hydroxyl groups is 2. The predicted molar refractivity (Wildman–Crippen MR) is 79.7 cm³/mol. The van der Waals surface area contributed by atoms with Crippen LogP contribution in [-0.4, -0.2) is 86.3 Å². The number of carbonyl (C=O) groups excluding carboxylic acids is 2. The number of hydrogen-bond donors (Lipinski definition) is 7. The Hall–Kier alpha value is -2.77. The van der Waals surface area contributed by atoms with Crippen LogP contribution in [0.5, 0.6) is 0 Å². The van der Waals surface area contributed by atoms with Gasteiger partial charge in [-0.05, 0) is 6.92 Å². The summed E-state index contributed by atoms with van der Waals surface area (Å²) in [7, 11) is 0. The van der Waals surface area contributed by atoms with Gasteiger partial charge in [0.2, 0.25) is 12.1 Å². The van der Waals surface area contributed by atoms with Crippen molar-refractivity contribution in [1.29, 1.82) is 0 Å². The summed E-state index contributed by atoms with van der Waals surface area (Å²) in [5.41, 5.74) is -2.82. The Balaban J connectivity index is 4.29. The number of amides is 1. The molecule has 0 saturated carbocycles. The molecule has 1 amide bonds. The van der Waals surface area contributed by atoms with Crippen molar-refractivity contribution in [1.82, 2.24) is 10.6 Å². The number of carboxylic acids is 3. The van der Waals surface area contributed by atoms with E-state index >= 15 is 0 Å². The van der Waals surface area contributed by atoms with Gasteiger partial charge in [-0.1, -0.05) is 0 Å². The molecule has 0 aliphatic rings. The fourth-order valence-electron chi connectivity index (χ4n) is 1.63. The minimum atomic E-state index is -2.82. The van der Waals surface area contributed by atoms with E-state index in [-0.39, 0.29) is 6.54 Å². The number of carbonyl (C=O) groups is 5. The Bertz CT molecular complexity index is 564. The lowest BCUT2D eigenvalue weighted by atomic mass is 9.96. The van der Waals surface area contributed by atoms with Gasteiger partial charge in [-0.25, -0.2) is 9.59 Å². The molecule has 0 bridgehead atoms. The van der Waals surface area contributed by atoms with Crippen LogP contribution in [0.2, 0.25) is 0 Å². The molecule has 0 aromatic rings. The standard InChI is InChI=1S/C13H20N2O11/c1-6(15-10(20)11(21)22)9(19)14-2-3-26-8(18)5-13(25,12(23)24)4-7(16)17/h6,10,15,20,25H,2-5H2,1H3,(H,14,19)(H,16,17)(H,21,22)(H,23,24). The first-order chi connectivity index (χ1) is 11.9. The molecular weight excluding hydrogens is 360 g/mol. The minimum Gasteiger partial charge on any atom is -0.481 e. The number of rotatable bonds is 12. The van der Waals surface area contributed by atoms with Gasteiger partial charge in [0.1, 0.15) is 6.61 Å². The van der Waals surface area contributed by atoms with Crippen LogP contribution < -0.4 is 10.6 Å². The van der Waals surface area contributed by atoms with Crippen LogP contribution in [0.25, 0.3) is 0 Å². The van der Waals surface area contributed by atoms with Crippen molar-refractivity contribution in [2.24, 2.45) is 0 Å². The largest absolute Gasteiger partial charge is 0.481 e. The highest BCUT2D eigenvalue weighted by molar-refractivity contribution is 5.88.